The lowest BCUT2D eigenvalue weighted by molar-refractivity contribution is -0.113. The molecule has 0 bridgehead atoms. The number of benzene rings is 2. The molecule has 0 unspecified atom stereocenters. The van der Waals surface area contributed by atoms with E-state index in [-0.39, 0.29) is 17.2 Å². The van der Waals surface area contributed by atoms with Gasteiger partial charge in [0.2, 0.25) is 5.91 Å². The minimum absolute atomic E-state index is 0.140. The Morgan fingerprint density at radius 3 is 2.59 bits per heavy atom. The first-order valence-electron chi connectivity index (χ1n) is 10.5. The lowest BCUT2D eigenvalue weighted by Crippen LogP contribution is -2.25. The minimum Gasteiger partial charge on any atom is -0.325 e. The number of hydrogen-bond acceptors (Lipinski definition) is 5. The molecule has 0 aliphatic carbocycles. The third-order valence-corrected chi connectivity index (χ3v) is 6.24. The van der Waals surface area contributed by atoms with E-state index in [4.69, 9.17) is 0 Å². The fourth-order valence-electron chi connectivity index (χ4n) is 3.35. The lowest BCUT2D eigenvalue weighted by Gasteiger charge is -2.12. The molecule has 0 fully saturated rings. The number of hydrogen-bond donors (Lipinski definition) is 1. The van der Waals surface area contributed by atoms with Crippen LogP contribution in [-0.4, -0.2) is 31.0 Å². The molecule has 164 valence electrons. The molecule has 1 amide bonds. The predicted molar refractivity (Wildman–Crippen MR) is 128 cm³/mol. The quantitative estimate of drug-likeness (QED) is 0.342. The molecule has 0 spiro atoms. The van der Waals surface area contributed by atoms with Gasteiger partial charge in [-0.1, -0.05) is 48.2 Å². The van der Waals surface area contributed by atoms with Crippen molar-refractivity contribution in [2.24, 2.45) is 0 Å². The first kappa shape index (κ1) is 21.8. The maximum Gasteiger partial charge on any atom is 0.282 e. The van der Waals surface area contributed by atoms with E-state index in [2.05, 4.69) is 15.4 Å². The van der Waals surface area contributed by atoms with Crippen molar-refractivity contribution < 1.29 is 4.79 Å². The van der Waals surface area contributed by atoms with Gasteiger partial charge >= 0.3 is 0 Å². The molecule has 0 atom stereocenters. The maximum absolute atomic E-state index is 13.2. The number of aromatic nitrogens is 4. The zero-order valence-electron chi connectivity index (χ0n) is 18.3. The van der Waals surface area contributed by atoms with Crippen LogP contribution in [0.1, 0.15) is 23.6 Å². The topological polar surface area (TPSA) is 81.8 Å². The van der Waals surface area contributed by atoms with E-state index in [1.807, 2.05) is 69.3 Å². The molecule has 7 nitrogen and oxygen atoms in total. The Bertz CT molecular complexity index is 1330. The number of thioether (sulfide) groups is 1. The highest BCUT2D eigenvalue weighted by Crippen LogP contribution is 2.20. The van der Waals surface area contributed by atoms with Crippen LogP contribution in [0.5, 0.6) is 0 Å². The molecule has 32 heavy (non-hydrogen) atoms. The van der Waals surface area contributed by atoms with Crippen molar-refractivity contribution in [2.75, 3.05) is 11.1 Å². The first-order chi connectivity index (χ1) is 15.4. The Hall–Kier alpha value is -3.39. The highest BCUT2D eigenvalue weighted by Gasteiger charge is 2.16. The molecule has 2 aromatic heterocycles. The number of carbonyl (C=O) groups excluding carboxylic acids is 1. The number of anilines is 1. The summed E-state index contributed by atoms with van der Waals surface area (Å²) in [5.74, 6) is -0.00944. The Morgan fingerprint density at radius 2 is 1.88 bits per heavy atom. The van der Waals surface area contributed by atoms with Gasteiger partial charge in [0.15, 0.2) is 10.7 Å². The fraction of sp³-hybridized carbons (Fsp3) is 0.250. The van der Waals surface area contributed by atoms with Gasteiger partial charge < -0.3 is 5.32 Å². The van der Waals surface area contributed by atoms with E-state index in [0.717, 1.165) is 16.8 Å². The highest BCUT2D eigenvalue weighted by atomic mass is 32.2. The average Bonchev–Trinajstić information content (AvgIpc) is 3.21. The van der Waals surface area contributed by atoms with Crippen LogP contribution in [0.15, 0.2) is 64.7 Å². The summed E-state index contributed by atoms with van der Waals surface area (Å²) >= 11 is 1.25. The van der Waals surface area contributed by atoms with Gasteiger partial charge in [-0.2, -0.15) is 5.10 Å². The standard InChI is InChI=1S/C24H25N5O2S/c1-4-28-14-20-22(27-28)23(31)29(13-18-8-6-5-7-9-18)24(26-20)32-15-21(30)25-19-11-10-16(2)17(3)12-19/h5-12,14H,4,13,15H2,1-3H3,(H,25,30). The van der Waals surface area contributed by atoms with Gasteiger partial charge in [0.05, 0.1) is 18.5 Å². The van der Waals surface area contributed by atoms with Crippen molar-refractivity contribution >= 4 is 34.4 Å². The molecule has 4 aromatic rings. The second kappa shape index (κ2) is 9.40. The summed E-state index contributed by atoms with van der Waals surface area (Å²) in [6.07, 6.45) is 1.77. The second-order valence-corrected chi connectivity index (χ2v) is 8.57. The number of nitrogens with one attached hydrogen (secondary N) is 1. The zero-order valence-corrected chi connectivity index (χ0v) is 19.1. The van der Waals surface area contributed by atoms with E-state index in [1.165, 1.54) is 17.3 Å². The summed E-state index contributed by atoms with van der Waals surface area (Å²) in [7, 11) is 0. The van der Waals surface area contributed by atoms with Crippen molar-refractivity contribution in [3.8, 4) is 0 Å². The number of nitrogens with zero attached hydrogens (tertiary/aromatic N) is 4. The Balaban J connectivity index is 1.61. The van der Waals surface area contributed by atoms with Crippen LogP contribution in [0.2, 0.25) is 0 Å². The van der Waals surface area contributed by atoms with Crippen LogP contribution < -0.4 is 10.9 Å². The average molecular weight is 448 g/mol. The SMILES string of the molecule is CCn1cc2nc(SCC(=O)Nc3ccc(C)c(C)c3)n(Cc3ccccc3)c(=O)c2n1. The second-order valence-electron chi connectivity index (χ2n) is 7.63. The maximum atomic E-state index is 13.2. The van der Waals surface area contributed by atoms with Gasteiger partial charge in [0, 0.05) is 12.2 Å². The van der Waals surface area contributed by atoms with Crippen molar-refractivity contribution in [3.63, 3.8) is 0 Å². The molecule has 0 aliphatic heterocycles. The van der Waals surface area contributed by atoms with E-state index < -0.39 is 0 Å². The van der Waals surface area contributed by atoms with Crippen LogP contribution in [0.25, 0.3) is 11.0 Å². The molecule has 0 saturated heterocycles. The molecule has 0 saturated carbocycles. The van der Waals surface area contributed by atoms with Crippen LogP contribution in [0, 0.1) is 13.8 Å². The van der Waals surface area contributed by atoms with Gasteiger partial charge in [0.1, 0.15) is 5.52 Å². The summed E-state index contributed by atoms with van der Waals surface area (Å²) in [5.41, 5.74) is 4.70. The van der Waals surface area contributed by atoms with E-state index in [1.54, 1.807) is 15.4 Å². The molecule has 4 rings (SSSR count). The lowest BCUT2D eigenvalue weighted by atomic mass is 10.1. The molecule has 2 aromatic carbocycles. The Morgan fingerprint density at radius 1 is 1.09 bits per heavy atom. The number of carbonyl (C=O) groups is 1. The molecule has 2 heterocycles. The number of amides is 1. The molecular weight excluding hydrogens is 422 g/mol. The third-order valence-electron chi connectivity index (χ3n) is 5.27. The summed E-state index contributed by atoms with van der Waals surface area (Å²) in [6.45, 7) is 7.02. The Kier molecular flexibility index (Phi) is 6.41. The van der Waals surface area contributed by atoms with Crippen LogP contribution in [0.4, 0.5) is 5.69 Å². The molecule has 0 radical (unpaired) electrons. The minimum atomic E-state index is -0.205. The van der Waals surface area contributed by atoms with Crippen molar-refractivity contribution in [3.05, 3.63) is 81.8 Å². The summed E-state index contributed by atoms with van der Waals surface area (Å²) in [5, 5.41) is 7.79. The van der Waals surface area contributed by atoms with Crippen LogP contribution in [0.3, 0.4) is 0 Å². The number of rotatable bonds is 7. The van der Waals surface area contributed by atoms with Gasteiger partial charge in [-0.3, -0.25) is 18.8 Å². The summed E-state index contributed by atoms with van der Waals surface area (Å²) < 4.78 is 3.30. The van der Waals surface area contributed by atoms with E-state index in [9.17, 15) is 9.59 Å². The normalized spacial score (nSPS) is 11.1. The highest BCUT2D eigenvalue weighted by molar-refractivity contribution is 7.99. The zero-order chi connectivity index (χ0) is 22.7. The van der Waals surface area contributed by atoms with Gasteiger partial charge in [-0.05, 0) is 49.6 Å². The Labute approximate surface area is 190 Å². The molecular formula is C24H25N5O2S. The number of fused-ring (bicyclic) bond motifs is 1. The van der Waals surface area contributed by atoms with Crippen molar-refractivity contribution in [2.45, 2.75) is 39.0 Å². The van der Waals surface area contributed by atoms with Gasteiger partial charge in [-0.25, -0.2) is 4.98 Å². The van der Waals surface area contributed by atoms with Gasteiger partial charge in [0.25, 0.3) is 5.56 Å². The fourth-order valence-corrected chi connectivity index (χ4v) is 4.15. The molecule has 1 N–H and O–H groups in total. The van der Waals surface area contributed by atoms with Crippen molar-refractivity contribution in [1.29, 1.82) is 0 Å². The molecule has 0 aliphatic rings. The number of aryl methyl sites for hydroxylation is 3. The summed E-state index contributed by atoms with van der Waals surface area (Å²) in [4.78, 5) is 30.5. The largest absolute Gasteiger partial charge is 0.325 e. The third kappa shape index (κ3) is 4.75. The monoisotopic (exact) mass is 447 g/mol. The van der Waals surface area contributed by atoms with Crippen LogP contribution in [-0.2, 0) is 17.9 Å². The smallest absolute Gasteiger partial charge is 0.282 e. The van der Waals surface area contributed by atoms with Crippen molar-refractivity contribution in [1.82, 2.24) is 19.3 Å². The predicted octanol–water partition coefficient (Wildman–Crippen LogP) is 4.01. The summed E-state index contributed by atoms with van der Waals surface area (Å²) in [6, 6.07) is 15.5. The van der Waals surface area contributed by atoms with Crippen LogP contribution >= 0.6 is 11.8 Å². The van der Waals surface area contributed by atoms with E-state index in [0.29, 0.717) is 29.3 Å². The van der Waals surface area contributed by atoms with E-state index >= 15 is 0 Å². The first-order valence-corrected chi connectivity index (χ1v) is 11.4. The molecule has 8 heteroatoms. The van der Waals surface area contributed by atoms with Gasteiger partial charge in [-0.15, -0.1) is 0 Å².